The molecule has 96 valence electrons. The number of aliphatic hydroxyl groups is 1. The molecule has 0 saturated heterocycles. The third-order valence-electron chi connectivity index (χ3n) is 2.40. The number of ether oxygens (including phenoxy) is 2. The quantitative estimate of drug-likeness (QED) is 0.715. The van der Waals surface area contributed by atoms with E-state index in [4.69, 9.17) is 9.47 Å². The van der Waals surface area contributed by atoms with Crippen LogP contribution in [0.25, 0.3) is 0 Å². The van der Waals surface area contributed by atoms with Gasteiger partial charge in [0, 0.05) is 25.3 Å². The summed E-state index contributed by atoms with van der Waals surface area (Å²) in [5.41, 5.74) is 1.08. The van der Waals surface area contributed by atoms with Gasteiger partial charge in [-0.1, -0.05) is 18.2 Å². The highest BCUT2D eigenvalue weighted by Crippen LogP contribution is 2.16. The SMILES string of the molecule is CCOCC(O)CNCc1ccccc1OC. The lowest BCUT2D eigenvalue weighted by molar-refractivity contribution is 0.0427. The van der Waals surface area contributed by atoms with Crippen molar-refractivity contribution in [1.82, 2.24) is 5.32 Å². The second-order valence-corrected chi connectivity index (χ2v) is 3.76. The minimum absolute atomic E-state index is 0.370. The number of hydrogen-bond acceptors (Lipinski definition) is 4. The molecule has 0 bridgehead atoms. The van der Waals surface area contributed by atoms with Crippen molar-refractivity contribution in [3.63, 3.8) is 0 Å². The molecule has 1 rings (SSSR count). The lowest BCUT2D eigenvalue weighted by atomic mass is 10.2. The first kappa shape index (κ1) is 14.0. The van der Waals surface area contributed by atoms with Gasteiger partial charge in [-0.3, -0.25) is 0 Å². The van der Waals surface area contributed by atoms with E-state index in [1.165, 1.54) is 0 Å². The summed E-state index contributed by atoms with van der Waals surface area (Å²) in [6.07, 6.45) is -0.468. The summed E-state index contributed by atoms with van der Waals surface area (Å²) in [4.78, 5) is 0. The Morgan fingerprint density at radius 1 is 1.35 bits per heavy atom. The topological polar surface area (TPSA) is 50.7 Å². The monoisotopic (exact) mass is 239 g/mol. The Hall–Kier alpha value is -1.10. The third kappa shape index (κ3) is 5.17. The maximum atomic E-state index is 9.57. The molecule has 0 aliphatic carbocycles. The largest absolute Gasteiger partial charge is 0.496 e. The van der Waals surface area contributed by atoms with Gasteiger partial charge in [0.05, 0.1) is 19.8 Å². The van der Waals surface area contributed by atoms with Crippen LogP contribution in [0.1, 0.15) is 12.5 Å². The third-order valence-corrected chi connectivity index (χ3v) is 2.40. The number of nitrogens with one attached hydrogen (secondary N) is 1. The number of benzene rings is 1. The summed E-state index contributed by atoms with van der Waals surface area (Å²) in [6.45, 7) is 4.10. The van der Waals surface area contributed by atoms with Crippen LogP contribution in [0.3, 0.4) is 0 Å². The fraction of sp³-hybridized carbons (Fsp3) is 0.538. The van der Waals surface area contributed by atoms with Crippen molar-refractivity contribution in [3.8, 4) is 5.75 Å². The van der Waals surface area contributed by atoms with E-state index in [1.54, 1.807) is 7.11 Å². The second kappa shape index (κ2) is 8.06. The molecule has 1 aromatic carbocycles. The Kier molecular flexibility index (Phi) is 6.62. The van der Waals surface area contributed by atoms with Crippen LogP contribution in [0.15, 0.2) is 24.3 Å². The molecule has 1 aromatic rings. The molecular formula is C13H21NO3. The van der Waals surface area contributed by atoms with Gasteiger partial charge in [0.2, 0.25) is 0 Å². The molecule has 0 heterocycles. The standard InChI is InChI=1S/C13H21NO3/c1-3-17-10-12(15)9-14-8-11-6-4-5-7-13(11)16-2/h4-7,12,14-15H,3,8-10H2,1-2H3. The Morgan fingerprint density at radius 3 is 2.82 bits per heavy atom. The molecule has 0 saturated carbocycles. The molecule has 1 unspecified atom stereocenters. The number of para-hydroxylation sites is 1. The number of methoxy groups -OCH3 is 1. The molecule has 0 amide bonds. The first-order valence-electron chi connectivity index (χ1n) is 5.86. The van der Waals surface area contributed by atoms with Crippen LogP contribution in [0.5, 0.6) is 5.75 Å². The van der Waals surface area contributed by atoms with E-state index in [2.05, 4.69) is 5.32 Å². The summed E-state index contributed by atoms with van der Waals surface area (Å²) >= 11 is 0. The van der Waals surface area contributed by atoms with Crippen LogP contribution in [0.2, 0.25) is 0 Å². The normalized spacial score (nSPS) is 12.4. The van der Waals surface area contributed by atoms with Crippen LogP contribution in [0, 0.1) is 0 Å². The van der Waals surface area contributed by atoms with Crippen LogP contribution >= 0.6 is 0 Å². The van der Waals surface area contributed by atoms with Gasteiger partial charge in [0.15, 0.2) is 0 Å². The Bertz CT molecular complexity index is 317. The average Bonchev–Trinajstić information content (AvgIpc) is 2.37. The summed E-state index contributed by atoms with van der Waals surface area (Å²) < 4.78 is 10.4. The van der Waals surface area contributed by atoms with Crippen LogP contribution in [-0.2, 0) is 11.3 Å². The van der Waals surface area contributed by atoms with Crippen LogP contribution in [-0.4, -0.2) is 38.1 Å². The van der Waals surface area contributed by atoms with E-state index >= 15 is 0 Å². The van der Waals surface area contributed by atoms with E-state index in [0.29, 0.717) is 26.3 Å². The Balaban J connectivity index is 2.30. The van der Waals surface area contributed by atoms with E-state index in [1.807, 2.05) is 31.2 Å². The van der Waals surface area contributed by atoms with Crippen LogP contribution < -0.4 is 10.1 Å². The van der Waals surface area contributed by atoms with Crippen molar-refractivity contribution < 1.29 is 14.6 Å². The molecule has 17 heavy (non-hydrogen) atoms. The molecule has 4 nitrogen and oxygen atoms in total. The summed E-state index contributed by atoms with van der Waals surface area (Å²) in [5.74, 6) is 0.860. The fourth-order valence-corrected chi connectivity index (χ4v) is 1.54. The summed E-state index contributed by atoms with van der Waals surface area (Å²) in [6, 6.07) is 7.83. The first-order valence-corrected chi connectivity index (χ1v) is 5.86. The van der Waals surface area contributed by atoms with Crippen molar-refractivity contribution in [2.75, 3.05) is 26.9 Å². The first-order chi connectivity index (χ1) is 8.27. The molecule has 2 N–H and O–H groups in total. The van der Waals surface area contributed by atoms with Gasteiger partial charge in [0.1, 0.15) is 5.75 Å². The molecule has 4 heteroatoms. The number of rotatable bonds is 8. The highest BCUT2D eigenvalue weighted by molar-refractivity contribution is 5.32. The molecule has 0 radical (unpaired) electrons. The highest BCUT2D eigenvalue weighted by Gasteiger charge is 2.05. The maximum Gasteiger partial charge on any atom is 0.123 e. The van der Waals surface area contributed by atoms with Crippen molar-refractivity contribution in [1.29, 1.82) is 0 Å². The Labute approximate surface area is 103 Å². The fourth-order valence-electron chi connectivity index (χ4n) is 1.54. The summed E-state index contributed by atoms with van der Waals surface area (Å²) in [5, 5.41) is 12.7. The minimum atomic E-state index is -0.468. The summed E-state index contributed by atoms with van der Waals surface area (Å²) in [7, 11) is 1.66. The minimum Gasteiger partial charge on any atom is -0.496 e. The zero-order valence-corrected chi connectivity index (χ0v) is 10.5. The average molecular weight is 239 g/mol. The van der Waals surface area contributed by atoms with E-state index < -0.39 is 6.10 Å². The van der Waals surface area contributed by atoms with Crippen molar-refractivity contribution >= 4 is 0 Å². The van der Waals surface area contributed by atoms with Gasteiger partial charge < -0.3 is 19.9 Å². The number of aliphatic hydroxyl groups excluding tert-OH is 1. The van der Waals surface area contributed by atoms with Crippen LogP contribution in [0.4, 0.5) is 0 Å². The van der Waals surface area contributed by atoms with E-state index in [-0.39, 0.29) is 0 Å². The van der Waals surface area contributed by atoms with Gasteiger partial charge in [-0.15, -0.1) is 0 Å². The van der Waals surface area contributed by atoms with Gasteiger partial charge in [-0.25, -0.2) is 0 Å². The zero-order chi connectivity index (χ0) is 12.5. The molecule has 0 fully saturated rings. The maximum absolute atomic E-state index is 9.57. The zero-order valence-electron chi connectivity index (χ0n) is 10.5. The van der Waals surface area contributed by atoms with Gasteiger partial charge in [-0.2, -0.15) is 0 Å². The van der Waals surface area contributed by atoms with E-state index in [0.717, 1.165) is 11.3 Å². The molecule has 0 aliphatic rings. The molecule has 1 atom stereocenters. The lowest BCUT2D eigenvalue weighted by Gasteiger charge is -2.13. The predicted octanol–water partition coefficient (Wildman–Crippen LogP) is 1.18. The van der Waals surface area contributed by atoms with Crippen molar-refractivity contribution in [3.05, 3.63) is 29.8 Å². The van der Waals surface area contributed by atoms with Gasteiger partial charge >= 0.3 is 0 Å². The molecule has 0 aromatic heterocycles. The molecule has 0 spiro atoms. The predicted molar refractivity (Wildman–Crippen MR) is 67.2 cm³/mol. The van der Waals surface area contributed by atoms with Gasteiger partial charge in [0.25, 0.3) is 0 Å². The smallest absolute Gasteiger partial charge is 0.123 e. The van der Waals surface area contributed by atoms with E-state index in [9.17, 15) is 5.11 Å². The second-order valence-electron chi connectivity index (χ2n) is 3.76. The van der Waals surface area contributed by atoms with Crippen molar-refractivity contribution in [2.24, 2.45) is 0 Å². The number of hydrogen-bond donors (Lipinski definition) is 2. The molecular weight excluding hydrogens is 218 g/mol. The molecule has 0 aliphatic heterocycles. The Morgan fingerprint density at radius 2 is 2.12 bits per heavy atom. The van der Waals surface area contributed by atoms with Gasteiger partial charge in [-0.05, 0) is 13.0 Å². The van der Waals surface area contributed by atoms with Crippen molar-refractivity contribution in [2.45, 2.75) is 19.6 Å². The highest BCUT2D eigenvalue weighted by atomic mass is 16.5. The lowest BCUT2D eigenvalue weighted by Crippen LogP contribution is -2.30.